The van der Waals surface area contributed by atoms with Gasteiger partial charge in [-0.3, -0.25) is 0 Å². The molecule has 0 heterocycles. The van der Waals surface area contributed by atoms with Gasteiger partial charge in [-0.15, -0.1) is 0 Å². The van der Waals surface area contributed by atoms with Crippen molar-refractivity contribution in [1.29, 1.82) is 0 Å². The van der Waals surface area contributed by atoms with Gasteiger partial charge in [0.05, 0.1) is 6.54 Å². The van der Waals surface area contributed by atoms with Crippen molar-refractivity contribution in [3.05, 3.63) is 64.1 Å². The van der Waals surface area contributed by atoms with E-state index >= 15 is 0 Å². The van der Waals surface area contributed by atoms with E-state index < -0.39 is 11.6 Å². The van der Waals surface area contributed by atoms with Gasteiger partial charge in [0.2, 0.25) is 0 Å². The fourth-order valence-corrected chi connectivity index (χ4v) is 2.34. The molecule has 4 nitrogen and oxygen atoms in total. The third-order valence-electron chi connectivity index (χ3n) is 3.53. The maximum Gasteiger partial charge on any atom is 0.317 e. The Hall–Kier alpha value is -2.15. The van der Waals surface area contributed by atoms with Crippen molar-refractivity contribution >= 4 is 22.0 Å². The lowest BCUT2D eigenvalue weighted by Gasteiger charge is -2.18. The number of benzene rings is 2. The van der Waals surface area contributed by atoms with Crippen LogP contribution in [0.4, 0.5) is 13.6 Å². The van der Waals surface area contributed by atoms with Crippen molar-refractivity contribution in [2.24, 2.45) is 0 Å². The Morgan fingerprint density at radius 3 is 2.56 bits per heavy atom. The Morgan fingerprint density at radius 1 is 1.16 bits per heavy atom. The number of rotatable bonds is 7. The van der Waals surface area contributed by atoms with E-state index in [4.69, 9.17) is 4.74 Å². The lowest BCUT2D eigenvalue weighted by molar-refractivity contribution is 0.206. The van der Waals surface area contributed by atoms with Gasteiger partial charge in [0, 0.05) is 24.1 Å². The van der Waals surface area contributed by atoms with Crippen LogP contribution in [0.2, 0.25) is 0 Å². The summed E-state index contributed by atoms with van der Waals surface area (Å²) >= 11 is 3.38. The number of amides is 2. The van der Waals surface area contributed by atoms with Gasteiger partial charge in [0.15, 0.2) is 11.6 Å². The Labute approximate surface area is 153 Å². The number of nitrogens with zero attached hydrogens (tertiary/aromatic N) is 1. The second-order valence-electron chi connectivity index (χ2n) is 5.45. The van der Waals surface area contributed by atoms with Crippen LogP contribution in [-0.4, -0.2) is 37.7 Å². The molecule has 0 aliphatic heterocycles. The molecular weight excluding hydrogens is 394 g/mol. The summed E-state index contributed by atoms with van der Waals surface area (Å²) in [5.41, 5.74) is 1.14. The van der Waals surface area contributed by atoms with Gasteiger partial charge in [-0.05, 0) is 36.2 Å². The highest BCUT2D eigenvalue weighted by atomic mass is 79.9. The van der Waals surface area contributed by atoms with Crippen LogP contribution in [0, 0.1) is 11.6 Å². The normalized spacial score (nSPS) is 10.4. The van der Waals surface area contributed by atoms with Gasteiger partial charge in [-0.25, -0.2) is 13.6 Å². The van der Waals surface area contributed by atoms with E-state index in [1.807, 2.05) is 24.3 Å². The first-order chi connectivity index (χ1) is 12.0. The van der Waals surface area contributed by atoms with Gasteiger partial charge in [-0.2, -0.15) is 0 Å². The number of urea groups is 1. The lowest BCUT2D eigenvalue weighted by Crippen LogP contribution is -2.40. The zero-order valence-corrected chi connectivity index (χ0v) is 15.4. The molecule has 0 spiro atoms. The highest BCUT2D eigenvalue weighted by molar-refractivity contribution is 9.10. The predicted molar refractivity (Wildman–Crippen MR) is 95.7 cm³/mol. The van der Waals surface area contributed by atoms with Gasteiger partial charge in [0.1, 0.15) is 12.4 Å². The SMILES string of the molecule is CN(CCc1ccc(Br)cc1)C(=O)NCCOc1ccc(F)c(F)c1. The van der Waals surface area contributed by atoms with Gasteiger partial charge in [-0.1, -0.05) is 28.1 Å². The highest BCUT2D eigenvalue weighted by Crippen LogP contribution is 2.15. The second kappa shape index (κ2) is 9.36. The van der Waals surface area contributed by atoms with Crippen molar-refractivity contribution in [3.8, 4) is 5.75 Å². The van der Waals surface area contributed by atoms with Crippen molar-refractivity contribution in [3.63, 3.8) is 0 Å². The van der Waals surface area contributed by atoms with Crippen LogP contribution >= 0.6 is 15.9 Å². The largest absolute Gasteiger partial charge is 0.492 e. The molecule has 2 amide bonds. The second-order valence-corrected chi connectivity index (χ2v) is 6.37. The molecule has 0 unspecified atom stereocenters. The van der Waals surface area contributed by atoms with E-state index in [1.54, 1.807) is 11.9 Å². The molecule has 0 aliphatic carbocycles. The Bertz CT molecular complexity index is 711. The zero-order valence-electron chi connectivity index (χ0n) is 13.8. The van der Waals surface area contributed by atoms with Crippen LogP contribution in [0.25, 0.3) is 0 Å². The fraction of sp³-hybridized carbons (Fsp3) is 0.278. The Balaban J connectivity index is 1.66. The zero-order chi connectivity index (χ0) is 18.2. The van der Waals surface area contributed by atoms with E-state index in [-0.39, 0.29) is 24.9 Å². The number of likely N-dealkylation sites (N-methyl/N-ethyl adjacent to an activating group) is 1. The molecule has 0 fully saturated rings. The summed E-state index contributed by atoms with van der Waals surface area (Å²) in [7, 11) is 1.71. The molecule has 1 N–H and O–H groups in total. The third-order valence-corrected chi connectivity index (χ3v) is 4.06. The summed E-state index contributed by atoms with van der Waals surface area (Å²) < 4.78 is 32.1. The molecular formula is C18H19BrF2N2O2. The number of hydrogen-bond donors (Lipinski definition) is 1. The fourth-order valence-electron chi connectivity index (χ4n) is 2.08. The molecule has 2 aromatic rings. The molecule has 7 heteroatoms. The van der Waals surface area contributed by atoms with Crippen LogP contribution in [0.5, 0.6) is 5.75 Å². The first-order valence-corrected chi connectivity index (χ1v) is 8.56. The van der Waals surface area contributed by atoms with Gasteiger partial charge >= 0.3 is 6.03 Å². The van der Waals surface area contributed by atoms with Crippen LogP contribution in [0.3, 0.4) is 0 Å². The van der Waals surface area contributed by atoms with Crippen molar-refractivity contribution in [1.82, 2.24) is 10.2 Å². The quantitative estimate of drug-likeness (QED) is 0.698. The standard InChI is InChI=1S/C18H19BrF2N2O2/c1-23(10-8-13-2-4-14(19)5-3-13)18(24)22-9-11-25-15-6-7-16(20)17(21)12-15/h2-7,12H,8-11H2,1H3,(H,22,24). The molecule has 0 saturated carbocycles. The minimum atomic E-state index is -0.964. The monoisotopic (exact) mass is 412 g/mol. The van der Waals surface area contributed by atoms with Crippen LogP contribution in [-0.2, 0) is 6.42 Å². The van der Waals surface area contributed by atoms with E-state index in [2.05, 4.69) is 21.2 Å². The molecule has 2 rings (SSSR count). The average Bonchev–Trinajstić information content (AvgIpc) is 2.60. The van der Waals surface area contributed by atoms with Crippen molar-refractivity contribution in [2.75, 3.05) is 26.7 Å². The summed E-state index contributed by atoms with van der Waals surface area (Å²) in [6, 6.07) is 11.0. The Kier molecular flexibility index (Phi) is 7.18. The van der Waals surface area contributed by atoms with Gasteiger partial charge < -0.3 is 15.0 Å². The molecule has 0 bridgehead atoms. The van der Waals surface area contributed by atoms with E-state index in [1.165, 1.54) is 6.07 Å². The summed E-state index contributed by atoms with van der Waals surface area (Å²) in [6.45, 7) is 1.01. The van der Waals surface area contributed by atoms with Crippen molar-refractivity contribution in [2.45, 2.75) is 6.42 Å². The molecule has 25 heavy (non-hydrogen) atoms. The maximum atomic E-state index is 13.0. The lowest BCUT2D eigenvalue weighted by atomic mass is 10.1. The third kappa shape index (κ3) is 6.34. The number of nitrogens with one attached hydrogen (secondary N) is 1. The van der Waals surface area contributed by atoms with Crippen LogP contribution in [0.15, 0.2) is 46.9 Å². The summed E-state index contributed by atoms with van der Waals surface area (Å²) in [4.78, 5) is 13.6. The first kappa shape index (κ1) is 19.2. The van der Waals surface area contributed by atoms with Gasteiger partial charge in [0.25, 0.3) is 0 Å². The van der Waals surface area contributed by atoms with E-state index in [9.17, 15) is 13.6 Å². The number of carbonyl (C=O) groups excluding carboxylic acids is 1. The maximum absolute atomic E-state index is 13.0. The average molecular weight is 413 g/mol. The molecule has 0 aromatic heterocycles. The Morgan fingerprint density at radius 2 is 1.88 bits per heavy atom. The molecule has 0 aliphatic rings. The summed E-state index contributed by atoms with van der Waals surface area (Å²) in [5, 5.41) is 2.71. The number of ether oxygens (including phenoxy) is 1. The highest BCUT2D eigenvalue weighted by Gasteiger charge is 2.08. The van der Waals surface area contributed by atoms with E-state index in [0.29, 0.717) is 6.54 Å². The molecule has 0 saturated heterocycles. The number of halogens is 3. The minimum absolute atomic E-state index is 0.164. The number of carbonyl (C=O) groups is 1. The van der Waals surface area contributed by atoms with Crippen molar-refractivity contribution < 1.29 is 18.3 Å². The summed E-state index contributed by atoms with van der Waals surface area (Å²) in [6.07, 6.45) is 0.753. The topological polar surface area (TPSA) is 41.6 Å². The van der Waals surface area contributed by atoms with E-state index in [0.717, 1.165) is 28.6 Å². The molecule has 2 aromatic carbocycles. The predicted octanol–water partition coefficient (Wildman–Crippen LogP) is 3.99. The molecule has 0 radical (unpaired) electrons. The molecule has 0 atom stereocenters. The molecule has 134 valence electrons. The minimum Gasteiger partial charge on any atom is -0.492 e. The number of hydrogen-bond acceptors (Lipinski definition) is 2. The summed E-state index contributed by atoms with van der Waals surface area (Å²) in [5.74, 6) is -1.67. The smallest absolute Gasteiger partial charge is 0.317 e. The van der Waals surface area contributed by atoms with Crippen LogP contribution in [0.1, 0.15) is 5.56 Å². The first-order valence-electron chi connectivity index (χ1n) is 7.77. The van der Waals surface area contributed by atoms with Crippen LogP contribution < -0.4 is 10.1 Å².